The van der Waals surface area contributed by atoms with E-state index in [0.717, 1.165) is 22.4 Å². The second-order valence-corrected chi connectivity index (χ2v) is 7.04. The third kappa shape index (κ3) is 4.74. The number of aryl methyl sites for hydroxylation is 2. The van der Waals surface area contributed by atoms with Crippen molar-refractivity contribution in [2.75, 3.05) is 5.32 Å². The van der Waals surface area contributed by atoms with Crippen LogP contribution in [0.2, 0.25) is 5.02 Å². The highest BCUT2D eigenvalue weighted by Gasteiger charge is 2.17. The second kappa shape index (κ2) is 8.20. The van der Waals surface area contributed by atoms with Gasteiger partial charge in [-0.15, -0.1) is 0 Å². The first kappa shape index (κ1) is 18.2. The fourth-order valence-corrected chi connectivity index (χ4v) is 2.97. The Kier molecular flexibility index (Phi) is 5.75. The molecule has 26 heavy (non-hydrogen) atoms. The molecule has 0 aliphatic heterocycles. The molecule has 0 saturated carbocycles. The Labute approximate surface area is 159 Å². The lowest BCUT2D eigenvalue weighted by molar-refractivity contribution is 0.0976. The topological polar surface area (TPSA) is 29.1 Å². The van der Waals surface area contributed by atoms with Crippen LogP contribution in [0, 0.1) is 13.8 Å². The second-order valence-electron chi connectivity index (χ2n) is 6.61. The minimum atomic E-state index is -0.106. The summed E-state index contributed by atoms with van der Waals surface area (Å²) in [7, 11) is 0. The molecule has 0 saturated heterocycles. The highest BCUT2D eigenvalue weighted by Crippen LogP contribution is 2.26. The lowest BCUT2D eigenvalue weighted by atomic mass is 9.96. The van der Waals surface area contributed by atoms with Crippen molar-refractivity contribution in [3.8, 4) is 0 Å². The zero-order chi connectivity index (χ0) is 18.5. The Hall–Kier alpha value is -2.58. The lowest BCUT2D eigenvalue weighted by Gasteiger charge is -2.20. The summed E-state index contributed by atoms with van der Waals surface area (Å²) < 4.78 is 0. The average Bonchev–Trinajstić information content (AvgIpc) is 2.64. The molecule has 1 unspecified atom stereocenters. The number of halogens is 1. The maximum absolute atomic E-state index is 12.8. The summed E-state index contributed by atoms with van der Waals surface area (Å²) in [6.45, 7) is 4.08. The van der Waals surface area contributed by atoms with E-state index in [-0.39, 0.29) is 11.8 Å². The average molecular weight is 364 g/mol. The van der Waals surface area contributed by atoms with E-state index in [0.29, 0.717) is 11.4 Å². The van der Waals surface area contributed by atoms with E-state index in [1.165, 1.54) is 5.56 Å². The number of anilines is 1. The number of Topliss-reactive ketones (excluding diaryl/α,β-unsaturated/α-hetero) is 1. The molecule has 0 amide bonds. The van der Waals surface area contributed by atoms with Crippen LogP contribution < -0.4 is 5.32 Å². The van der Waals surface area contributed by atoms with Gasteiger partial charge in [-0.25, -0.2) is 0 Å². The number of carbonyl (C=O) groups excluding carboxylic acids is 1. The molecule has 1 atom stereocenters. The Bertz CT molecular complexity index is 868. The Balaban J connectivity index is 1.84. The van der Waals surface area contributed by atoms with Crippen molar-refractivity contribution in [2.45, 2.75) is 26.3 Å². The number of hydrogen-bond donors (Lipinski definition) is 1. The molecule has 0 aliphatic rings. The molecule has 2 nitrogen and oxygen atoms in total. The van der Waals surface area contributed by atoms with Crippen LogP contribution in [0.1, 0.15) is 39.5 Å². The van der Waals surface area contributed by atoms with Gasteiger partial charge >= 0.3 is 0 Å². The van der Waals surface area contributed by atoms with Crippen LogP contribution in [-0.2, 0) is 0 Å². The van der Waals surface area contributed by atoms with Gasteiger partial charge in [0.05, 0.1) is 6.04 Å². The zero-order valence-corrected chi connectivity index (χ0v) is 15.8. The van der Waals surface area contributed by atoms with Crippen LogP contribution in [0.4, 0.5) is 5.69 Å². The number of rotatable bonds is 6. The first-order valence-electron chi connectivity index (χ1n) is 8.70. The molecule has 0 fully saturated rings. The zero-order valence-electron chi connectivity index (χ0n) is 15.0. The normalized spacial score (nSPS) is 11.8. The number of nitrogens with one attached hydrogen (secondary N) is 1. The summed E-state index contributed by atoms with van der Waals surface area (Å²) >= 11 is 5.98. The summed E-state index contributed by atoms with van der Waals surface area (Å²) in [4.78, 5) is 12.8. The van der Waals surface area contributed by atoms with E-state index in [4.69, 9.17) is 11.6 Å². The first-order valence-corrected chi connectivity index (χ1v) is 9.07. The van der Waals surface area contributed by atoms with Gasteiger partial charge in [0.1, 0.15) is 0 Å². The van der Waals surface area contributed by atoms with Gasteiger partial charge in [-0.3, -0.25) is 4.79 Å². The number of ketones is 1. The Morgan fingerprint density at radius 1 is 0.846 bits per heavy atom. The van der Waals surface area contributed by atoms with Gasteiger partial charge in [-0.1, -0.05) is 71.3 Å². The summed E-state index contributed by atoms with van der Waals surface area (Å²) in [5.41, 5.74) is 5.12. The van der Waals surface area contributed by atoms with E-state index >= 15 is 0 Å². The highest BCUT2D eigenvalue weighted by atomic mass is 35.5. The van der Waals surface area contributed by atoms with Gasteiger partial charge in [0.15, 0.2) is 5.78 Å². The molecular weight excluding hydrogens is 342 g/mol. The molecule has 1 N–H and O–H groups in total. The SMILES string of the molecule is Cc1ccc(C(=O)CC(Nc2ccc(Cl)cc2)c2ccc(C)cc2)cc1. The fraction of sp³-hybridized carbons (Fsp3) is 0.174. The van der Waals surface area contributed by atoms with Crippen molar-refractivity contribution in [1.29, 1.82) is 0 Å². The van der Waals surface area contributed by atoms with Gasteiger partial charge < -0.3 is 5.32 Å². The summed E-state index contributed by atoms with van der Waals surface area (Å²) in [5, 5.41) is 4.17. The molecule has 0 bridgehead atoms. The van der Waals surface area contributed by atoms with Crippen molar-refractivity contribution in [3.63, 3.8) is 0 Å². The molecule has 3 rings (SSSR count). The largest absolute Gasteiger partial charge is 0.378 e. The van der Waals surface area contributed by atoms with Gasteiger partial charge in [-0.05, 0) is 43.7 Å². The number of hydrogen-bond acceptors (Lipinski definition) is 2. The van der Waals surface area contributed by atoms with Crippen LogP contribution in [0.15, 0.2) is 72.8 Å². The maximum atomic E-state index is 12.8. The quantitative estimate of drug-likeness (QED) is 0.514. The Morgan fingerprint density at radius 3 is 1.96 bits per heavy atom. The van der Waals surface area contributed by atoms with Gasteiger partial charge in [0, 0.05) is 22.7 Å². The predicted molar refractivity (Wildman–Crippen MR) is 109 cm³/mol. The molecule has 3 aromatic rings. The van der Waals surface area contributed by atoms with E-state index in [2.05, 4.69) is 36.5 Å². The van der Waals surface area contributed by atoms with Crippen molar-refractivity contribution in [1.82, 2.24) is 0 Å². The van der Waals surface area contributed by atoms with E-state index in [9.17, 15) is 4.79 Å². The third-order valence-corrected chi connectivity index (χ3v) is 4.68. The smallest absolute Gasteiger partial charge is 0.165 e. The van der Waals surface area contributed by atoms with Crippen molar-refractivity contribution in [2.24, 2.45) is 0 Å². The molecular formula is C23H22ClNO. The molecule has 0 aromatic heterocycles. The number of benzene rings is 3. The summed E-state index contributed by atoms with van der Waals surface area (Å²) in [6.07, 6.45) is 0.384. The van der Waals surface area contributed by atoms with Crippen LogP contribution in [0.3, 0.4) is 0 Å². The molecule has 132 valence electrons. The minimum Gasteiger partial charge on any atom is -0.378 e. The van der Waals surface area contributed by atoms with Gasteiger partial charge in [0.25, 0.3) is 0 Å². The van der Waals surface area contributed by atoms with Crippen LogP contribution in [0.5, 0.6) is 0 Å². The van der Waals surface area contributed by atoms with Crippen molar-refractivity contribution < 1.29 is 4.79 Å². The van der Waals surface area contributed by atoms with E-state index in [1.807, 2.05) is 55.5 Å². The van der Waals surface area contributed by atoms with Gasteiger partial charge in [-0.2, -0.15) is 0 Å². The van der Waals surface area contributed by atoms with Crippen LogP contribution >= 0.6 is 11.6 Å². The van der Waals surface area contributed by atoms with Crippen molar-refractivity contribution in [3.05, 3.63) is 100 Å². The maximum Gasteiger partial charge on any atom is 0.165 e. The summed E-state index contributed by atoms with van der Waals surface area (Å²) in [5.74, 6) is 0.122. The predicted octanol–water partition coefficient (Wildman–Crippen LogP) is 6.38. The molecule has 0 spiro atoms. The third-order valence-electron chi connectivity index (χ3n) is 4.43. The monoisotopic (exact) mass is 363 g/mol. The van der Waals surface area contributed by atoms with E-state index in [1.54, 1.807) is 0 Å². The molecule has 3 heteroatoms. The number of carbonyl (C=O) groups is 1. The fourth-order valence-electron chi connectivity index (χ4n) is 2.84. The molecule has 0 heterocycles. The van der Waals surface area contributed by atoms with Gasteiger partial charge in [0.2, 0.25) is 0 Å². The highest BCUT2D eigenvalue weighted by molar-refractivity contribution is 6.30. The molecule has 0 radical (unpaired) electrons. The van der Waals surface area contributed by atoms with E-state index < -0.39 is 0 Å². The van der Waals surface area contributed by atoms with Crippen LogP contribution in [0.25, 0.3) is 0 Å². The standard InChI is InChI=1S/C23H22ClNO/c1-16-3-7-18(8-4-16)22(25-21-13-11-20(24)12-14-21)15-23(26)19-9-5-17(2)6-10-19/h3-14,22,25H,15H2,1-2H3. The Morgan fingerprint density at radius 2 is 1.38 bits per heavy atom. The first-order chi connectivity index (χ1) is 12.5. The lowest BCUT2D eigenvalue weighted by Crippen LogP contribution is -2.16. The molecule has 0 aliphatic carbocycles. The molecule has 3 aromatic carbocycles. The summed E-state index contributed by atoms with van der Waals surface area (Å²) in [6, 6.07) is 23.5. The minimum absolute atomic E-state index is 0.106. The van der Waals surface area contributed by atoms with Crippen molar-refractivity contribution >= 4 is 23.1 Å². The van der Waals surface area contributed by atoms with Crippen LogP contribution in [-0.4, -0.2) is 5.78 Å².